The van der Waals surface area contributed by atoms with Gasteiger partial charge in [-0.3, -0.25) is 9.59 Å². The van der Waals surface area contributed by atoms with Crippen molar-refractivity contribution in [1.29, 1.82) is 0 Å². The van der Waals surface area contributed by atoms with Crippen molar-refractivity contribution in [2.24, 2.45) is 0 Å². The molecule has 0 unspecified atom stereocenters. The van der Waals surface area contributed by atoms with Gasteiger partial charge in [0.1, 0.15) is 6.04 Å². The standard InChI is InChI=1S/C17H15BrN2O2/c18-14-9-5-4-8-13(14)16-17(22)20(11-15(21)19-16)10-12-6-2-1-3-7-12/h1-9,16H,10-11H2,(H,19,21)/t16-/m1/s1. The molecule has 2 amide bonds. The second kappa shape index (κ2) is 6.32. The van der Waals surface area contributed by atoms with Gasteiger partial charge in [0.2, 0.25) is 5.91 Å². The third-order valence-electron chi connectivity index (χ3n) is 3.63. The summed E-state index contributed by atoms with van der Waals surface area (Å²) in [6, 6.07) is 16.5. The van der Waals surface area contributed by atoms with Crippen molar-refractivity contribution in [1.82, 2.24) is 10.2 Å². The molecule has 1 aliphatic rings. The Morgan fingerprint density at radius 2 is 1.73 bits per heavy atom. The molecule has 1 saturated heterocycles. The summed E-state index contributed by atoms with van der Waals surface area (Å²) in [6.07, 6.45) is 0. The fourth-order valence-corrected chi connectivity index (χ4v) is 3.07. The minimum Gasteiger partial charge on any atom is -0.339 e. The number of amides is 2. The van der Waals surface area contributed by atoms with E-state index in [1.807, 2.05) is 54.6 Å². The largest absolute Gasteiger partial charge is 0.339 e. The van der Waals surface area contributed by atoms with Gasteiger partial charge >= 0.3 is 0 Å². The first-order valence-corrected chi connectivity index (χ1v) is 7.81. The fraction of sp³-hybridized carbons (Fsp3) is 0.176. The number of halogens is 1. The molecular weight excluding hydrogens is 344 g/mol. The van der Waals surface area contributed by atoms with E-state index in [0.717, 1.165) is 15.6 Å². The molecule has 0 aromatic heterocycles. The second-order valence-electron chi connectivity index (χ2n) is 5.20. The van der Waals surface area contributed by atoms with E-state index in [1.165, 1.54) is 0 Å². The molecule has 1 N–H and O–H groups in total. The second-order valence-corrected chi connectivity index (χ2v) is 6.06. The van der Waals surface area contributed by atoms with Crippen LogP contribution >= 0.6 is 15.9 Å². The quantitative estimate of drug-likeness (QED) is 0.916. The van der Waals surface area contributed by atoms with Gasteiger partial charge in [0.05, 0.1) is 6.54 Å². The number of nitrogens with one attached hydrogen (secondary N) is 1. The van der Waals surface area contributed by atoms with Crippen molar-refractivity contribution in [2.75, 3.05) is 6.54 Å². The van der Waals surface area contributed by atoms with Crippen LogP contribution < -0.4 is 5.32 Å². The summed E-state index contributed by atoms with van der Waals surface area (Å²) in [5.74, 6) is -0.230. The maximum atomic E-state index is 12.7. The monoisotopic (exact) mass is 358 g/mol. The Morgan fingerprint density at radius 1 is 1.05 bits per heavy atom. The Hall–Kier alpha value is -2.14. The van der Waals surface area contributed by atoms with E-state index in [2.05, 4.69) is 21.2 Å². The van der Waals surface area contributed by atoms with Crippen LogP contribution in [-0.4, -0.2) is 23.3 Å². The van der Waals surface area contributed by atoms with Crippen molar-refractivity contribution >= 4 is 27.7 Å². The molecule has 2 aromatic carbocycles. The van der Waals surface area contributed by atoms with Crippen LogP contribution in [0.1, 0.15) is 17.2 Å². The highest BCUT2D eigenvalue weighted by atomic mass is 79.9. The Balaban J connectivity index is 1.86. The maximum Gasteiger partial charge on any atom is 0.250 e. The number of hydrogen-bond donors (Lipinski definition) is 1. The Bertz CT molecular complexity index is 703. The first-order chi connectivity index (χ1) is 10.6. The summed E-state index contributed by atoms with van der Waals surface area (Å²) < 4.78 is 0.815. The molecule has 2 aromatic rings. The summed E-state index contributed by atoms with van der Waals surface area (Å²) in [4.78, 5) is 26.3. The fourth-order valence-electron chi connectivity index (χ4n) is 2.56. The van der Waals surface area contributed by atoms with E-state index in [9.17, 15) is 9.59 Å². The minimum absolute atomic E-state index is 0.0876. The van der Waals surface area contributed by atoms with Gasteiger partial charge in [-0.25, -0.2) is 0 Å². The van der Waals surface area contributed by atoms with Gasteiger partial charge in [0.25, 0.3) is 5.91 Å². The first-order valence-electron chi connectivity index (χ1n) is 7.01. The van der Waals surface area contributed by atoms with Gasteiger partial charge in [-0.05, 0) is 17.2 Å². The first kappa shape index (κ1) is 14.8. The van der Waals surface area contributed by atoms with Crippen LogP contribution in [0.3, 0.4) is 0 Å². The van der Waals surface area contributed by atoms with Crippen molar-refractivity contribution in [3.8, 4) is 0 Å². The van der Waals surface area contributed by atoms with Crippen LogP contribution in [0.5, 0.6) is 0 Å². The smallest absolute Gasteiger partial charge is 0.250 e. The number of carbonyl (C=O) groups excluding carboxylic acids is 2. The zero-order valence-electron chi connectivity index (χ0n) is 11.8. The molecule has 4 nitrogen and oxygen atoms in total. The van der Waals surface area contributed by atoms with Crippen molar-refractivity contribution in [3.63, 3.8) is 0 Å². The molecule has 1 fully saturated rings. The van der Waals surface area contributed by atoms with E-state index < -0.39 is 6.04 Å². The average molecular weight is 359 g/mol. The highest BCUT2D eigenvalue weighted by molar-refractivity contribution is 9.10. The SMILES string of the molecule is O=C1CN(Cc2ccccc2)C(=O)[C@@H](c2ccccc2Br)N1. The van der Waals surface area contributed by atoms with Crippen LogP contribution in [0.4, 0.5) is 0 Å². The summed E-state index contributed by atoms with van der Waals surface area (Å²) in [7, 11) is 0. The highest BCUT2D eigenvalue weighted by Gasteiger charge is 2.34. The van der Waals surface area contributed by atoms with Gasteiger partial charge in [-0.2, -0.15) is 0 Å². The predicted octanol–water partition coefficient (Wildman–Crippen LogP) is 2.65. The molecule has 22 heavy (non-hydrogen) atoms. The zero-order valence-corrected chi connectivity index (χ0v) is 13.4. The number of carbonyl (C=O) groups is 2. The molecule has 112 valence electrons. The number of piperazine rings is 1. The van der Waals surface area contributed by atoms with Crippen molar-refractivity contribution in [2.45, 2.75) is 12.6 Å². The number of benzene rings is 2. The van der Waals surface area contributed by atoms with Gasteiger partial charge in [-0.1, -0.05) is 64.5 Å². The molecular formula is C17H15BrN2O2. The topological polar surface area (TPSA) is 49.4 Å². The lowest BCUT2D eigenvalue weighted by atomic mass is 10.0. The lowest BCUT2D eigenvalue weighted by Crippen LogP contribution is -2.53. The minimum atomic E-state index is -0.638. The van der Waals surface area contributed by atoms with Crippen LogP contribution in [-0.2, 0) is 16.1 Å². The summed E-state index contributed by atoms with van der Waals surface area (Å²) >= 11 is 3.44. The molecule has 0 radical (unpaired) electrons. The summed E-state index contributed by atoms with van der Waals surface area (Å²) in [6.45, 7) is 0.530. The van der Waals surface area contributed by atoms with Crippen molar-refractivity contribution in [3.05, 3.63) is 70.2 Å². The number of rotatable bonds is 3. The molecule has 1 heterocycles. The number of hydrogen-bond acceptors (Lipinski definition) is 2. The van der Waals surface area contributed by atoms with Gasteiger partial charge < -0.3 is 10.2 Å². The molecule has 0 spiro atoms. The predicted molar refractivity (Wildman–Crippen MR) is 86.9 cm³/mol. The lowest BCUT2D eigenvalue weighted by Gasteiger charge is -2.33. The van der Waals surface area contributed by atoms with Crippen molar-refractivity contribution < 1.29 is 9.59 Å². The van der Waals surface area contributed by atoms with E-state index in [4.69, 9.17) is 0 Å². The van der Waals surface area contributed by atoms with E-state index in [1.54, 1.807) is 4.90 Å². The highest BCUT2D eigenvalue weighted by Crippen LogP contribution is 2.27. The van der Waals surface area contributed by atoms with Gasteiger partial charge in [0.15, 0.2) is 0 Å². The molecule has 3 rings (SSSR count). The molecule has 1 aliphatic heterocycles. The Labute approximate surface area is 137 Å². The van der Waals surface area contributed by atoms with E-state index in [-0.39, 0.29) is 18.4 Å². The third kappa shape index (κ3) is 3.04. The lowest BCUT2D eigenvalue weighted by molar-refractivity contribution is -0.145. The Morgan fingerprint density at radius 3 is 2.45 bits per heavy atom. The summed E-state index contributed by atoms with van der Waals surface area (Å²) in [5.41, 5.74) is 1.79. The van der Waals surface area contributed by atoms with Crippen LogP contribution in [0.15, 0.2) is 59.1 Å². The maximum absolute atomic E-state index is 12.7. The van der Waals surface area contributed by atoms with E-state index in [0.29, 0.717) is 6.54 Å². The molecule has 0 bridgehead atoms. The molecule has 0 saturated carbocycles. The molecule has 5 heteroatoms. The van der Waals surface area contributed by atoms with E-state index >= 15 is 0 Å². The summed E-state index contributed by atoms with van der Waals surface area (Å²) in [5, 5.41) is 2.78. The van der Waals surface area contributed by atoms with Crippen LogP contribution in [0.25, 0.3) is 0 Å². The normalized spacial score (nSPS) is 18.2. The molecule has 1 atom stereocenters. The van der Waals surface area contributed by atoms with Gasteiger partial charge in [0, 0.05) is 11.0 Å². The molecule has 0 aliphatic carbocycles. The van der Waals surface area contributed by atoms with Crippen LogP contribution in [0, 0.1) is 0 Å². The number of nitrogens with zero attached hydrogens (tertiary/aromatic N) is 1. The van der Waals surface area contributed by atoms with Gasteiger partial charge in [-0.15, -0.1) is 0 Å². The average Bonchev–Trinajstić information content (AvgIpc) is 2.52. The third-order valence-corrected chi connectivity index (χ3v) is 4.35. The van der Waals surface area contributed by atoms with Crippen LogP contribution in [0.2, 0.25) is 0 Å². The zero-order chi connectivity index (χ0) is 15.5. The Kier molecular flexibility index (Phi) is 4.24.